The second kappa shape index (κ2) is 6.99. The molecule has 0 aromatic heterocycles. The molecular formula is C12H24N2O. The Morgan fingerprint density at radius 1 is 1.40 bits per heavy atom. The molecule has 0 aliphatic heterocycles. The zero-order valence-corrected chi connectivity index (χ0v) is 9.98. The summed E-state index contributed by atoms with van der Waals surface area (Å²) < 4.78 is 5.37. The number of likely N-dealkylation sites (N-methyl/N-ethyl adjacent to an activating group) is 1. The van der Waals surface area contributed by atoms with Gasteiger partial charge in [0.15, 0.2) is 0 Å². The lowest BCUT2D eigenvalue weighted by atomic mass is 10.1. The van der Waals surface area contributed by atoms with Crippen LogP contribution in [-0.2, 0) is 4.74 Å². The first kappa shape index (κ1) is 12.7. The van der Waals surface area contributed by atoms with Crippen molar-refractivity contribution < 1.29 is 4.74 Å². The van der Waals surface area contributed by atoms with Crippen LogP contribution in [0.15, 0.2) is 12.2 Å². The summed E-state index contributed by atoms with van der Waals surface area (Å²) in [6, 6.07) is 0.278. The van der Waals surface area contributed by atoms with Gasteiger partial charge in [-0.2, -0.15) is 0 Å². The average molecular weight is 212 g/mol. The van der Waals surface area contributed by atoms with Gasteiger partial charge >= 0.3 is 0 Å². The van der Waals surface area contributed by atoms with Crippen LogP contribution in [0.5, 0.6) is 0 Å². The van der Waals surface area contributed by atoms with E-state index in [0.29, 0.717) is 5.92 Å². The van der Waals surface area contributed by atoms with E-state index >= 15 is 0 Å². The van der Waals surface area contributed by atoms with Crippen LogP contribution < -0.4 is 5.73 Å². The molecular weight excluding hydrogens is 188 g/mol. The molecule has 1 aliphatic carbocycles. The molecule has 0 aromatic rings. The number of rotatable bonds is 7. The lowest BCUT2D eigenvalue weighted by Crippen LogP contribution is -2.32. The Balaban J connectivity index is 2.18. The lowest BCUT2D eigenvalue weighted by molar-refractivity contribution is 0.111. The lowest BCUT2D eigenvalue weighted by Gasteiger charge is -2.23. The molecule has 88 valence electrons. The van der Waals surface area contributed by atoms with Gasteiger partial charge < -0.3 is 15.4 Å². The molecule has 2 unspecified atom stereocenters. The largest absolute Gasteiger partial charge is 0.380 e. The van der Waals surface area contributed by atoms with Gasteiger partial charge in [0.2, 0.25) is 0 Å². The van der Waals surface area contributed by atoms with Crippen molar-refractivity contribution in [3.8, 4) is 0 Å². The Labute approximate surface area is 93.3 Å². The fraction of sp³-hybridized carbons (Fsp3) is 0.833. The Bertz CT molecular complexity index is 194. The average Bonchev–Trinajstić information content (AvgIpc) is 2.63. The molecule has 0 amide bonds. The number of ether oxygens (including phenoxy) is 1. The SMILES string of the molecule is CCOCCN(CC)CC1C=CC(N)C1. The summed E-state index contributed by atoms with van der Waals surface area (Å²) in [6.45, 7) is 9.13. The summed E-state index contributed by atoms with van der Waals surface area (Å²) in [5.74, 6) is 0.640. The zero-order valence-electron chi connectivity index (χ0n) is 9.98. The van der Waals surface area contributed by atoms with E-state index in [1.807, 2.05) is 6.92 Å². The Kier molecular flexibility index (Phi) is 5.91. The molecule has 0 saturated carbocycles. The van der Waals surface area contributed by atoms with Gasteiger partial charge in [-0.3, -0.25) is 0 Å². The van der Waals surface area contributed by atoms with E-state index in [0.717, 1.165) is 39.3 Å². The highest BCUT2D eigenvalue weighted by molar-refractivity contribution is 5.05. The predicted molar refractivity (Wildman–Crippen MR) is 63.8 cm³/mol. The highest BCUT2D eigenvalue weighted by Gasteiger charge is 2.17. The first-order chi connectivity index (χ1) is 7.26. The third-order valence-electron chi connectivity index (χ3n) is 2.90. The fourth-order valence-corrected chi connectivity index (χ4v) is 1.99. The van der Waals surface area contributed by atoms with Gasteiger partial charge in [0.25, 0.3) is 0 Å². The van der Waals surface area contributed by atoms with Crippen LogP contribution in [0.3, 0.4) is 0 Å². The van der Waals surface area contributed by atoms with E-state index in [9.17, 15) is 0 Å². The first-order valence-electron chi connectivity index (χ1n) is 6.00. The van der Waals surface area contributed by atoms with E-state index in [1.165, 1.54) is 0 Å². The van der Waals surface area contributed by atoms with Gasteiger partial charge in [-0.05, 0) is 25.8 Å². The monoisotopic (exact) mass is 212 g/mol. The third-order valence-corrected chi connectivity index (χ3v) is 2.90. The summed E-state index contributed by atoms with van der Waals surface area (Å²) in [5, 5.41) is 0. The fourth-order valence-electron chi connectivity index (χ4n) is 1.99. The highest BCUT2D eigenvalue weighted by atomic mass is 16.5. The molecule has 0 fully saturated rings. The predicted octanol–water partition coefficient (Wildman–Crippen LogP) is 1.25. The van der Waals surface area contributed by atoms with E-state index in [4.69, 9.17) is 10.5 Å². The standard InChI is InChI=1S/C12H24N2O/c1-3-14(7-8-15-4-2)10-11-5-6-12(13)9-11/h5-6,11-12H,3-4,7-10,13H2,1-2H3. The second-order valence-electron chi connectivity index (χ2n) is 4.13. The molecule has 2 N–H and O–H groups in total. The van der Waals surface area contributed by atoms with Gasteiger partial charge in [0.05, 0.1) is 6.61 Å². The van der Waals surface area contributed by atoms with Crippen molar-refractivity contribution in [2.24, 2.45) is 11.7 Å². The molecule has 0 radical (unpaired) electrons. The molecule has 0 saturated heterocycles. The molecule has 3 nitrogen and oxygen atoms in total. The van der Waals surface area contributed by atoms with Crippen LogP contribution in [0.4, 0.5) is 0 Å². The van der Waals surface area contributed by atoms with Crippen molar-refractivity contribution >= 4 is 0 Å². The third kappa shape index (κ3) is 4.78. The molecule has 3 heteroatoms. The van der Waals surface area contributed by atoms with E-state index in [2.05, 4.69) is 24.0 Å². The van der Waals surface area contributed by atoms with Crippen LogP contribution in [0.25, 0.3) is 0 Å². The van der Waals surface area contributed by atoms with Crippen LogP contribution in [-0.4, -0.2) is 43.8 Å². The van der Waals surface area contributed by atoms with Crippen molar-refractivity contribution in [3.05, 3.63) is 12.2 Å². The van der Waals surface area contributed by atoms with E-state index in [1.54, 1.807) is 0 Å². The molecule has 1 rings (SSSR count). The minimum absolute atomic E-state index is 0.278. The second-order valence-corrected chi connectivity index (χ2v) is 4.13. The van der Waals surface area contributed by atoms with E-state index < -0.39 is 0 Å². The zero-order chi connectivity index (χ0) is 11.1. The van der Waals surface area contributed by atoms with Gasteiger partial charge in [-0.15, -0.1) is 0 Å². The smallest absolute Gasteiger partial charge is 0.0593 e. The summed E-state index contributed by atoms with van der Waals surface area (Å²) in [5.41, 5.74) is 5.83. The van der Waals surface area contributed by atoms with Crippen molar-refractivity contribution in [1.82, 2.24) is 4.90 Å². The van der Waals surface area contributed by atoms with Crippen molar-refractivity contribution in [3.63, 3.8) is 0 Å². The normalized spacial score (nSPS) is 25.3. The van der Waals surface area contributed by atoms with Crippen LogP contribution >= 0.6 is 0 Å². The topological polar surface area (TPSA) is 38.5 Å². The van der Waals surface area contributed by atoms with Crippen LogP contribution in [0.1, 0.15) is 20.3 Å². The molecule has 2 atom stereocenters. The molecule has 0 spiro atoms. The first-order valence-corrected chi connectivity index (χ1v) is 6.00. The molecule has 15 heavy (non-hydrogen) atoms. The van der Waals surface area contributed by atoms with Gasteiger partial charge in [0, 0.05) is 25.7 Å². The molecule has 0 bridgehead atoms. The summed E-state index contributed by atoms with van der Waals surface area (Å²) in [7, 11) is 0. The van der Waals surface area contributed by atoms with Gasteiger partial charge in [0.1, 0.15) is 0 Å². The maximum atomic E-state index is 5.83. The number of nitrogens with two attached hydrogens (primary N) is 1. The van der Waals surface area contributed by atoms with Gasteiger partial charge in [-0.25, -0.2) is 0 Å². The Morgan fingerprint density at radius 3 is 2.73 bits per heavy atom. The number of hydrogen-bond acceptors (Lipinski definition) is 3. The van der Waals surface area contributed by atoms with Crippen LogP contribution in [0, 0.1) is 5.92 Å². The molecule has 0 heterocycles. The summed E-state index contributed by atoms with van der Waals surface area (Å²) >= 11 is 0. The van der Waals surface area contributed by atoms with Gasteiger partial charge in [-0.1, -0.05) is 19.1 Å². The maximum absolute atomic E-state index is 5.83. The Morgan fingerprint density at radius 2 is 2.20 bits per heavy atom. The molecule has 0 aromatic carbocycles. The summed E-state index contributed by atoms with van der Waals surface area (Å²) in [4.78, 5) is 2.43. The molecule has 1 aliphatic rings. The van der Waals surface area contributed by atoms with Crippen molar-refractivity contribution in [2.75, 3.05) is 32.8 Å². The highest BCUT2D eigenvalue weighted by Crippen LogP contribution is 2.17. The van der Waals surface area contributed by atoms with Crippen molar-refractivity contribution in [1.29, 1.82) is 0 Å². The summed E-state index contributed by atoms with van der Waals surface area (Å²) in [6.07, 6.45) is 5.49. The van der Waals surface area contributed by atoms with Crippen molar-refractivity contribution in [2.45, 2.75) is 26.3 Å². The minimum Gasteiger partial charge on any atom is -0.380 e. The minimum atomic E-state index is 0.278. The quantitative estimate of drug-likeness (QED) is 0.510. The van der Waals surface area contributed by atoms with Crippen LogP contribution in [0.2, 0.25) is 0 Å². The number of hydrogen-bond donors (Lipinski definition) is 1. The Hall–Kier alpha value is -0.380. The van der Waals surface area contributed by atoms with E-state index in [-0.39, 0.29) is 6.04 Å². The number of nitrogens with zero attached hydrogens (tertiary/aromatic N) is 1. The maximum Gasteiger partial charge on any atom is 0.0593 e.